The van der Waals surface area contributed by atoms with Crippen molar-refractivity contribution in [2.24, 2.45) is 0 Å². The van der Waals surface area contributed by atoms with Crippen molar-refractivity contribution in [2.45, 2.75) is 30.3 Å². The summed E-state index contributed by atoms with van der Waals surface area (Å²) in [5, 5.41) is 12.4. The zero-order valence-electron chi connectivity index (χ0n) is 11.8. The van der Waals surface area contributed by atoms with Crippen molar-refractivity contribution in [3.63, 3.8) is 0 Å². The fourth-order valence-electron chi connectivity index (χ4n) is 2.36. The second-order valence-corrected chi connectivity index (χ2v) is 5.92. The molecule has 0 atom stereocenters. The lowest BCUT2D eigenvalue weighted by molar-refractivity contribution is -0.116. The fraction of sp³-hybridized carbons (Fsp3) is 0.533. The van der Waals surface area contributed by atoms with Gasteiger partial charge in [0.05, 0.1) is 11.8 Å². The molecule has 1 heterocycles. The number of hydrogen-bond acceptors (Lipinski definition) is 4. The largest absolute Gasteiger partial charge is 0.393 e. The normalized spacial score (nSPS) is 17.1. The molecule has 0 bridgehead atoms. The van der Waals surface area contributed by atoms with Crippen molar-refractivity contribution in [1.29, 1.82) is 0 Å². The lowest BCUT2D eigenvalue weighted by Crippen LogP contribution is -2.37. The molecule has 1 aromatic carbocycles. The molecule has 0 aliphatic carbocycles. The van der Waals surface area contributed by atoms with Gasteiger partial charge in [-0.3, -0.25) is 4.79 Å². The molecule has 4 nitrogen and oxygen atoms in total. The van der Waals surface area contributed by atoms with Crippen LogP contribution in [-0.4, -0.2) is 47.9 Å². The molecule has 5 heteroatoms. The Morgan fingerprint density at radius 3 is 2.80 bits per heavy atom. The lowest BCUT2D eigenvalue weighted by atomic mass is 10.1. The van der Waals surface area contributed by atoms with Crippen LogP contribution in [0, 0.1) is 0 Å². The molecule has 0 saturated carbocycles. The smallest absolute Gasteiger partial charge is 0.225 e. The standard InChI is InChI=1S/C15H22N2O2S/c1-20-14-5-3-2-4-13(14)16-15(19)8-11-17-9-6-12(18)7-10-17/h2-5,12,18H,6-11H2,1H3,(H,16,19). The van der Waals surface area contributed by atoms with Gasteiger partial charge >= 0.3 is 0 Å². The summed E-state index contributed by atoms with van der Waals surface area (Å²) in [5.41, 5.74) is 0.888. The zero-order valence-corrected chi connectivity index (χ0v) is 12.7. The number of aliphatic hydroxyl groups is 1. The van der Waals surface area contributed by atoms with E-state index in [1.165, 1.54) is 0 Å². The van der Waals surface area contributed by atoms with Gasteiger partial charge < -0.3 is 15.3 Å². The number of carbonyl (C=O) groups is 1. The highest BCUT2D eigenvalue weighted by atomic mass is 32.2. The summed E-state index contributed by atoms with van der Waals surface area (Å²) in [6.07, 6.45) is 3.98. The number of carbonyl (C=O) groups excluding carboxylic acids is 1. The van der Waals surface area contributed by atoms with Gasteiger partial charge in [-0.25, -0.2) is 0 Å². The number of nitrogens with one attached hydrogen (secondary N) is 1. The highest BCUT2D eigenvalue weighted by Crippen LogP contribution is 2.24. The Morgan fingerprint density at radius 2 is 2.10 bits per heavy atom. The van der Waals surface area contributed by atoms with Gasteiger partial charge in [0.1, 0.15) is 0 Å². The first-order valence-corrected chi connectivity index (χ1v) is 8.25. The van der Waals surface area contributed by atoms with E-state index in [-0.39, 0.29) is 12.0 Å². The number of aliphatic hydroxyl groups excluding tert-OH is 1. The molecule has 0 radical (unpaired) electrons. The maximum atomic E-state index is 12.0. The number of para-hydroxylation sites is 1. The first kappa shape index (κ1) is 15.4. The lowest BCUT2D eigenvalue weighted by Gasteiger charge is -2.29. The third-order valence-corrected chi connectivity index (χ3v) is 4.39. The maximum absolute atomic E-state index is 12.0. The van der Waals surface area contributed by atoms with Crippen molar-refractivity contribution < 1.29 is 9.90 Å². The van der Waals surface area contributed by atoms with E-state index in [9.17, 15) is 9.90 Å². The molecule has 1 aliphatic heterocycles. The SMILES string of the molecule is CSc1ccccc1NC(=O)CCN1CCC(O)CC1. The Bertz CT molecular complexity index is 445. The van der Waals surface area contributed by atoms with E-state index < -0.39 is 0 Å². The number of piperidine rings is 1. The quantitative estimate of drug-likeness (QED) is 0.818. The van der Waals surface area contributed by atoms with Gasteiger partial charge in [-0.2, -0.15) is 0 Å². The Kier molecular flexibility index (Phi) is 5.88. The molecule has 1 amide bonds. The molecular formula is C15H22N2O2S. The molecule has 1 aromatic rings. The average molecular weight is 294 g/mol. The van der Waals surface area contributed by atoms with E-state index in [0.29, 0.717) is 6.42 Å². The van der Waals surface area contributed by atoms with Gasteiger partial charge in [0, 0.05) is 31.0 Å². The second kappa shape index (κ2) is 7.67. The number of amides is 1. The summed E-state index contributed by atoms with van der Waals surface area (Å²) >= 11 is 1.63. The molecule has 0 aromatic heterocycles. The van der Waals surface area contributed by atoms with Gasteiger partial charge in [-0.05, 0) is 31.2 Å². The Morgan fingerprint density at radius 1 is 1.40 bits per heavy atom. The summed E-state index contributed by atoms with van der Waals surface area (Å²) in [5.74, 6) is 0.0534. The summed E-state index contributed by atoms with van der Waals surface area (Å²) in [4.78, 5) is 15.3. The van der Waals surface area contributed by atoms with Crippen LogP contribution in [0.4, 0.5) is 5.69 Å². The van der Waals surface area contributed by atoms with Crippen molar-refractivity contribution in [3.8, 4) is 0 Å². The van der Waals surface area contributed by atoms with Gasteiger partial charge in [0.25, 0.3) is 0 Å². The molecule has 1 saturated heterocycles. The molecule has 1 fully saturated rings. The number of benzene rings is 1. The van der Waals surface area contributed by atoms with Gasteiger partial charge in [-0.1, -0.05) is 12.1 Å². The number of nitrogens with zero attached hydrogens (tertiary/aromatic N) is 1. The van der Waals surface area contributed by atoms with Crippen LogP contribution < -0.4 is 5.32 Å². The van der Waals surface area contributed by atoms with Gasteiger partial charge in [0.2, 0.25) is 5.91 Å². The fourth-order valence-corrected chi connectivity index (χ4v) is 2.92. The van der Waals surface area contributed by atoms with E-state index in [1.807, 2.05) is 30.5 Å². The van der Waals surface area contributed by atoms with Crippen LogP contribution >= 0.6 is 11.8 Å². The van der Waals surface area contributed by atoms with Gasteiger partial charge in [0.15, 0.2) is 0 Å². The number of thioether (sulfide) groups is 1. The van der Waals surface area contributed by atoms with Crippen LogP contribution in [-0.2, 0) is 4.79 Å². The maximum Gasteiger partial charge on any atom is 0.225 e. The summed E-state index contributed by atoms with van der Waals surface area (Å²) in [6.45, 7) is 2.53. The number of likely N-dealkylation sites (tertiary alicyclic amines) is 1. The molecule has 110 valence electrons. The van der Waals surface area contributed by atoms with Crippen molar-refractivity contribution in [1.82, 2.24) is 4.90 Å². The Hall–Kier alpha value is -1.04. The highest BCUT2D eigenvalue weighted by Gasteiger charge is 2.17. The van der Waals surface area contributed by atoms with Crippen LogP contribution in [0.3, 0.4) is 0 Å². The summed E-state index contributed by atoms with van der Waals surface area (Å²) in [6, 6.07) is 7.84. The van der Waals surface area contributed by atoms with Crippen LogP contribution in [0.1, 0.15) is 19.3 Å². The highest BCUT2D eigenvalue weighted by molar-refractivity contribution is 7.98. The molecule has 2 N–H and O–H groups in total. The topological polar surface area (TPSA) is 52.6 Å². The van der Waals surface area contributed by atoms with E-state index in [4.69, 9.17) is 0 Å². The minimum atomic E-state index is -0.159. The van der Waals surface area contributed by atoms with Crippen molar-refractivity contribution in [3.05, 3.63) is 24.3 Å². The molecule has 0 unspecified atom stereocenters. The van der Waals surface area contributed by atoms with Crippen LogP contribution in [0.5, 0.6) is 0 Å². The predicted octanol–water partition coefficient (Wildman–Crippen LogP) is 2.19. The minimum Gasteiger partial charge on any atom is -0.393 e. The second-order valence-electron chi connectivity index (χ2n) is 5.07. The molecule has 20 heavy (non-hydrogen) atoms. The van der Waals surface area contributed by atoms with E-state index in [2.05, 4.69) is 10.2 Å². The molecule has 0 spiro atoms. The van der Waals surface area contributed by atoms with Crippen molar-refractivity contribution in [2.75, 3.05) is 31.2 Å². The van der Waals surface area contributed by atoms with Crippen LogP contribution in [0.15, 0.2) is 29.2 Å². The third kappa shape index (κ3) is 4.51. The summed E-state index contributed by atoms with van der Waals surface area (Å²) < 4.78 is 0. The molecule has 2 rings (SSSR count). The van der Waals surface area contributed by atoms with E-state index in [0.717, 1.165) is 43.1 Å². The number of anilines is 1. The number of rotatable bonds is 5. The van der Waals surface area contributed by atoms with E-state index >= 15 is 0 Å². The number of hydrogen-bond donors (Lipinski definition) is 2. The average Bonchev–Trinajstić information content (AvgIpc) is 2.47. The molecule has 1 aliphatic rings. The van der Waals surface area contributed by atoms with E-state index in [1.54, 1.807) is 11.8 Å². The molecular weight excluding hydrogens is 272 g/mol. The zero-order chi connectivity index (χ0) is 14.4. The predicted molar refractivity (Wildman–Crippen MR) is 83.2 cm³/mol. The van der Waals surface area contributed by atoms with Crippen LogP contribution in [0.2, 0.25) is 0 Å². The Balaban J connectivity index is 1.78. The van der Waals surface area contributed by atoms with Crippen LogP contribution in [0.25, 0.3) is 0 Å². The van der Waals surface area contributed by atoms with Crippen molar-refractivity contribution >= 4 is 23.4 Å². The third-order valence-electron chi connectivity index (χ3n) is 3.59. The minimum absolute atomic E-state index is 0.0534. The first-order chi connectivity index (χ1) is 9.69. The Labute approximate surface area is 124 Å². The summed E-state index contributed by atoms with van der Waals surface area (Å²) in [7, 11) is 0. The first-order valence-electron chi connectivity index (χ1n) is 7.02. The van der Waals surface area contributed by atoms with Gasteiger partial charge in [-0.15, -0.1) is 11.8 Å². The monoisotopic (exact) mass is 294 g/mol.